The molecule has 1 unspecified atom stereocenters. The Bertz CT molecular complexity index is 1430. The Hall–Kier alpha value is -4.57. The normalized spacial score (nSPS) is 11.5. The number of hydrogen-bond donors (Lipinski definition) is 3. The van der Waals surface area contributed by atoms with Crippen LogP contribution in [0.3, 0.4) is 0 Å². The van der Waals surface area contributed by atoms with Gasteiger partial charge in [-0.05, 0) is 60.2 Å². The number of halogens is 1. The number of nitrogens with one attached hydrogen (secondary N) is 2. The largest absolute Gasteiger partial charge is 0.506 e. The van der Waals surface area contributed by atoms with Gasteiger partial charge in [-0.2, -0.15) is 0 Å². The SMILES string of the molecule is O=C(Nc1ccc(O)c(NS(=O)c2ccc(F)cc2)c1)c1ccc(-c2ccccc2)c([N+](=O)[O-])c1. The van der Waals surface area contributed by atoms with E-state index in [1.54, 1.807) is 30.3 Å². The lowest BCUT2D eigenvalue weighted by Crippen LogP contribution is -2.13. The smallest absolute Gasteiger partial charge is 0.277 e. The number of rotatable bonds is 7. The van der Waals surface area contributed by atoms with E-state index in [2.05, 4.69) is 10.0 Å². The Morgan fingerprint density at radius 2 is 1.66 bits per heavy atom. The van der Waals surface area contributed by atoms with Crippen LogP contribution in [-0.4, -0.2) is 20.1 Å². The lowest BCUT2D eigenvalue weighted by atomic mass is 10.0. The first-order chi connectivity index (χ1) is 16.8. The molecule has 1 atom stereocenters. The highest BCUT2D eigenvalue weighted by Gasteiger charge is 2.19. The molecule has 10 heteroatoms. The zero-order chi connectivity index (χ0) is 24.9. The van der Waals surface area contributed by atoms with Crippen LogP contribution >= 0.6 is 0 Å². The fourth-order valence-electron chi connectivity index (χ4n) is 3.30. The number of nitro benzene ring substituents is 1. The van der Waals surface area contributed by atoms with Crippen molar-refractivity contribution < 1.29 is 23.4 Å². The van der Waals surface area contributed by atoms with Crippen LogP contribution in [0.15, 0.2) is 95.9 Å². The molecule has 0 aromatic heterocycles. The number of anilines is 2. The molecule has 8 nitrogen and oxygen atoms in total. The van der Waals surface area contributed by atoms with Crippen molar-refractivity contribution in [1.82, 2.24) is 0 Å². The molecule has 0 bridgehead atoms. The second-order valence-corrected chi connectivity index (χ2v) is 8.58. The number of hydrogen-bond acceptors (Lipinski definition) is 5. The third-order valence-electron chi connectivity index (χ3n) is 5.03. The van der Waals surface area contributed by atoms with E-state index >= 15 is 0 Å². The summed E-state index contributed by atoms with van der Waals surface area (Å²) in [5, 5.41) is 24.4. The molecule has 0 aliphatic heterocycles. The summed E-state index contributed by atoms with van der Waals surface area (Å²) in [6.07, 6.45) is 0. The Morgan fingerprint density at radius 1 is 0.943 bits per heavy atom. The van der Waals surface area contributed by atoms with E-state index < -0.39 is 27.6 Å². The zero-order valence-corrected chi connectivity index (χ0v) is 18.8. The average molecular weight is 492 g/mol. The Balaban J connectivity index is 1.55. The number of phenols is 1. The van der Waals surface area contributed by atoms with Gasteiger partial charge in [-0.25, -0.2) is 8.60 Å². The molecule has 35 heavy (non-hydrogen) atoms. The second kappa shape index (κ2) is 10.1. The van der Waals surface area contributed by atoms with Crippen LogP contribution in [0, 0.1) is 15.9 Å². The van der Waals surface area contributed by atoms with Gasteiger partial charge in [0, 0.05) is 17.3 Å². The van der Waals surface area contributed by atoms with Crippen molar-refractivity contribution in [2.24, 2.45) is 0 Å². The fourth-order valence-corrected chi connectivity index (χ4v) is 4.17. The Morgan fingerprint density at radius 3 is 2.34 bits per heavy atom. The molecular weight excluding hydrogens is 473 g/mol. The first-order valence-corrected chi connectivity index (χ1v) is 11.4. The maximum Gasteiger partial charge on any atom is 0.277 e. The van der Waals surface area contributed by atoms with E-state index in [0.29, 0.717) is 11.1 Å². The number of amides is 1. The summed E-state index contributed by atoms with van der Waals surface area (Å²) in [6, 6.07) is 22.1. The summed E-state index contributed by atoms with van der Waals surface area (Å²) in [5.74, 6) is -1.30. The molecule has 4 aromatic carbocycles. The summed E-state index contributed by atoms with van der Waals surface area (Å²) in [7, 11) is -1.80. The van der Waals surface area contributed by atoms with Gasteiger partial charge in [-0.15, -0.1) is 0 Å². The minimum atomic E-state index is -1.80. The van der Waals surface area contributed by atoms with Crippen LogP contribution in [0.5, 0.6) is 5.75 Å². The molecule has 3 N–H and O–H groups in total. The number of carbonyl (C=O) groups is 1. The molecule has 4 rings (SSSR count). The third-order valence-corrected chi connectivity index (χ3v) is 6.13. The average Bonchev–Trinajstić information content (AvgIpc) is 2.86. The predicted molar refractivity (Wildman–Crippen MR) is 131 cm³/mol. The van der Waals surface area contributed by atoms with Crippen LogP contribution in [0.1, 0.15) is 10.4 Å². The molecule has 0 aliphatic carbocycles. The van der Waals surface area contributed by atoms with E-state index in [1.165, 1.54) is 48.5 Å². The lowest BCUT2D eigenvalue weighted by Gasteiger charge is -2.12. The maximum atomic E-state index is 13.1. The van der Waals surface area contributed by atoms with Gasteiger partial charge in [0.15, 0.2) is 0 Å². The minimum Gasteiger partial charge on any atom is -0.506 e. The molecular formula is C25H18FN3O5S. The Kier molecular flexibility index (Phi) is 6.83. The van der Waals surface area contributed by atoms with Gasteiger partial charge in [0.1, 0.15) is 22.6 Å². The van der Waals surface area contributed by atoms with Crippen molar-refractivity contribution in [3.63, 3.8) is 0 Å². The standard InChI is InChI=1S/C25H18FN3O5S/c26-18-7-10-20(11-8-18)35(34)28-22-15-19(9-13-24(22)30)27-25(31)17-6-12-21(23(14-17)29(32)33)16-4-2-1-3-5-16/h1-15,28,30H,(H,27,31). The van der Waals surface area contributed by atoms with Crippen molar-refractivity contribution >= 4 is 34.0 Å². The number of benzene rings is 4. The second-order valence-electron chi connectivity index (χ2n) is 7.37. The van der Waals surface area contributed by atoms with Crippen molar-refractivity contribution in [3.8, 4) is 16.9 Å². The highest BCUT2D eigenvalue weighted by atomic mass is 32.2. The zero-order valence-electron chi connectivity index (χ0n) is 18.0. The summed E-state index contributed by atoms with van der Waals surface area (Å²) in [5.41, 5.74) is 1.19. The number of carbonyl (C=O) groups excluding carboxylic acids is 1. The van der Waals surface area contributed by atoms with Crippen LogP contribution in [0.4, 0.5) is 21.5 Å². The van der Waals surface area contributed by atoms with Crippen molar-refractivity contribution in [2.45, 2.75) is 4.90 Å². The van der Waals surface area contributed by atoms with Crippen LogP contribution in [-0.2, 0) is 11.0 Å². The lowest BCUT2D eigenvalue weighted by molar-refractivity contribution is -0.384. The Labute approximate surface area is 201 Å². The van der Waals surface area contributed by atoms with Gasteiger partial charge in [0.05, 0.1) is 21.1 Å². The van der Waals surface area contributed by atoms with Crippen molar-refractivity contribution in [2.75, 3.05) is 10.0 Å². The van der Waals surface area contributed by atoms with Gasteiger partial charge >= 0.3 is 0 Å². The van der Waals surface area contributed by atoms with Gasteiger partial charge in [0.2, 0.25) is 0 Å². The number of nitro groups is 1. The van der Waals surface area contributed by atoms with Crippen molar-refractivity contribution in [1.29, 1.82) is 0 Å². The molecule has 1 amide bonds. The number of nitrogens with zero attached hydrogens (tertiary/aromatic N) is 1. The molecule has 0 aliphatic rings. The molecule has 0 fully saturated rings. The van der Waals surface area contributed by atoms with E-state index in [0.717, 1.165) is 12.1 Å². The molecule has 0 spiro atoms. The topological polar surface area (TPSA) is 122 Å². The summed E-state index contributed by atoms with van der Waals surface area (Å²) >= 11 is 0. The monoisotopic (exact) mass is 491 g/mol. The number of aromatic hydroxyl groups is 1. The van der Waals surface area contributed by atoms with Crippen LogP contribution in [0.25, 0.3) is 11.1 Å². The van der Waals surface area contributed by atoms with Crippen LogP contribution in [0.2, 0.25) is 0 Å². The summed E-state index contributed by atoms with van der Waals surface area (Å²) < 4.78 is 28.2. The predicted octanol–water partition coefficient (Wildman–Crippen LogP) is 5.49. The summed E-state index contributed by atoms with van der Waals surface area (Å²) in [4.78, 5) is 24.2. The van der Waals surface area contributed by atoms with E-state index in [9.17, 15) is 28.6 Å². The maximum absolute atomic E-state index is 13.1. The highest BCUT2D eigenvalue weighted by Crippen LogP contribution is 2.32. The first kappa shape index (κ1) is 23.6. The van der Waals surface area contributed by atoms with Gasteiger partial charge in [-0.3, -0.25) is 19.6 Å². The molecule has 176 valence electrons. The molecule has 0 radical (unpaired) electrons. The molecule has 0 saturated heterocycles. The van der Waals surface area contributed by atoms with Crippen molar-refractivity contribution in [3.05, 3.63) is 112 Å². The van der Waals surface area contributed by atoms with Gasteiger partial charge < -0.3 is 10.4 Å². The van der Waals surface area contributed by atoms with E-state index in [-0.39, 0.29) is 33.3 Å². The number of phenolic OH excluding ortho intramolecular Hbond substituents is 1. The summed E-state index contributed by atoms with van der Waals surface area (Å²) in [6.45, 7) is 0. The minimum absolute atomic E-state index is 0.0638. The quantitative estimate of drug-likeness (QED) is 0.137. The fraction of sp³-hybridized carbons (Fsp3) is 0. The third kappa shape index (κ3) is 5.50. The van der Waals surface area contributed by atoms with E-state index in [4.69, 9.17) is 0 Å². The molecule has 0 saturated carbocycles. The van der Waals surface area contributed by atoms with Gasteiger partial charge in [0.25, 0.3) is 11.6 Å². The highest BCUT2D eigenvalue weighted by molar-refractivity contribution is 7.86. The first-order valence-electron chi connectivity index (χ1n) is 10.2. The van der Waals surface area contributed by atoms with Crippen LogP contribution < -0.4 is 10.0 Å². The van der Waals surface area contributed by atoms with E-state index in [1.807, 2.05) is 0 Å². The van der Waals surface area contributed by atoms with Gasteiger partial charge in [-0.1, -0.05) is 30.3 Å². The molecule has 4 aromatic rings. The molecule has 0 heterocycles.